The minimum absolute atomic E-state index is 0.0494. The number of nitrogens with one attached hydrogen (secondary N) is 1. The number of hydrogen-bond donors (Lipinski definition) is 1. The summed E-state index contributed by atoms with van der Waals surface area (Å²) in [5, 5.41) is 3.27. The van der Waals surface area contributed by atoms with Crippen molar-refractivity contribution < 1.29 is 14.3 Å². The lowest BCUT2D eigenvalue weighted by Crippen LogP contribution is -2.43. The first-order valence-electron chi connectivity index (χ1n) is 5.87. The van der Waals surface area contributed by atoms with E-state index >= 15 is 0 Å². The molecule has 0 spiro atoms. The van der Waals surface area contributed by atoms with Crippen LogP contribution in [0.4, 0.5) is 0 Å². The summed E-state index contributed by atoms with van der Waals surface area (Å²) >= 11 is 0. The molecule has 0 atom stereocenters. The number of carbonyl (C=O) groups excluding carboxylic acids is 1. The highest BCUT2D eigenvalue weighted by atomic mass is 16.6. The van der Waals surface area contributed by atoms with Gasteiger partial charge in [0.15, 0.2) is 0 Å². The molecule has 1 saturated heterocycles. The Morgan fingerprint density at radius 3 is 2.38 bits per heavy atom. The largest absolute Gasteiger partial charge is 0.458 e. The van der Waals surface area contributed by atoms with E-state index in [1.54, 1.807) is 0 Å². The molecule has 0 aromatic rings. The maximum atomic E-state index is 11.5. The molecule has 1 aliphatic rings. The first-order valence-corrected chi connectivity index (χ1v) is 5.87. The molecule has 1 N–H and O–H groups in total. The van der Waals surface area contributed by atoms with Gasteiger partial charge in [-0.3, -0.25) is 0 Å². The predicted molar refractivity (Wildman–Crippen MR) is 62.3 cm³/mol. The Labute approximate surface area is 97.7 Å². The van der Waals surface area contributed by atoms with Gasteiger partial charge in [0.2, 0.25) is 0 Å². The van der Waals surface area contributed by atoms with E-state index in [1.165, 1.54) is 0 Å². The maximum Gasteiger partial charge on any atom is 0.332 e. The molecule has 0 unspecified atom stereocenters. The van der Waals surface area contributed by atoms with Gasteiger partial charge in [-0.1, -0.05) is 0 Å². The number of hydrogen-bond acceptors (Lipinski definition) is 4. The van der Waals surface area contributed by atoms with Crippen molar-refractivity contribution in [2.75, 3.05) is 19.7 Å². The fraction of sp³-hybridized carbons (Fsp3) is 0.917. The molecule has 0 amide bonds. The van der Waals surface area contributed by atoms with Crippen LogP contribution in [0.15, 0.2) is 0 Å². The molecule has 0 aromatic carbocycles. The van der Waals surface area contributed by atoms with Crippen molar-refractivity contribution in [3.8, 4) is 0 Å². The third-order valence-corrected chi connectivity index (χ3v) is 2.62. The van der Waals surface area contributed by atoms with Crippen LogP contribution in [0.2, 0.25) is 0 Å². The Balaban J connectivity index is 2.30. The third kappa shape index (κ3) is 4.94. The normalized spacial score (nSPS) is 20.5. The fourth-order valence-corrected chi connectivity index (χ4v) is 1.70. The molecule has 1 fully saturated rings. The highest BCUT2D eigenvalue weighted by Gasteiger charge is 2.29. The van der Waals surface area contributed by atoms with Crippen molar-refractivity contribution >= 4 is 5.97 Å². The van der Waals surface area contributed by atoms with E-state index in [9.17, 15) is 4.79 Å². The summed E-state index contributed by atoms with van der Waals surface area (Å²) in [5.74, 6) is -0.285. The average Bonchev–Trinajstić information content (AvgIpc) is 2.14. The smallest absolute Gasteiger partial charge is 0.332 e. The molecule has 16 heavy (non-hydrogen) atoms. The van der Waals surface area contributed by atoms with Crippen LogP contribution in [0.3, 0.4) is 0 Å². The monoisotopic (exact) mass is 229 g/mol. The lowest BCUT2D eigenvalue weighted by Gasteiger charge is -2.34. The van der Waals surface area contributed by atoms with Gasteiger partial charge in [-0.15, -0.1) is 0 Å². The summed E-state index contributed by atoms with van der Waals surface area (Å²) in [6.07, 6.45) is 1.88. The lowest BCUT2D eigenvalue weighted by atomic mass is 9.95. The molecule has 4 heteroatoms. The molecule has 1 aliphatic heterocycles. The van der Waals surface area contributed by atoms with Crippen molar-refractivity contribution in [2.24, 2.45) is 0 Å². The van der Waals surface area contributed by atoms with Gasteiger partial charge >= 0.3 is 5.97 Å². The molecule has 4 nitrogen and oxygen atoms in total. The molecule has 1 heterocycles. The summed E-state index contributed by atoms with van der Waals surface area (Å²) in [4.78, 5) is 11.5. The molecular formula is C12H23NO3. The minimum atomic E-state index is -0.435. The third-order valence-electron chi connectivity index (χ3n) is 2.62. The van der Waals surface area contributed by atoms with Gasteiger partial charge in [0.1, 0.15) is 12.2 Å². The van der Waals surface area contributed by atoms with E-state index in [2.05, 4.69) is 12.2 Å². The Hall–Kier alpha value is -0.610. The maximum absolute atomic E-state index is 11.5. The summed E-state index contributed by atoms with van der Waals surface area (Å²) < 4.78 is 10.9. The SMILES string of the molecule is CC(C)(C)OC(=O)COC1(C)CCNCC1. The molecule has 0 saturated carbocycles. The summed E-state index contributed by atoms with van der Waals surface area (Å²) in [6.45, 7) is 9.58. The number of ether oxygens (including phenoxy) is 2. The second kappa shape index (κ2) is 5.15. The van der Waals surface area contributed by atoms with Crippen LogP contribution in [0, 0.1) is 0 Å². The molecule has 0 aliphatic carbocycles. The summed E-state index contributed by atoms with van der Waals surface area (Å²) in [7, 11) is 0. The van der Waals surface area contributed by atoms with E-state index in [1.807, 2.05) is 20.8 Å². The average molecular weight is 229 g/mol. The van der Waals surface area contributed by atoms with Gasteiger partial charge in [0, 0.05) is 0 Å². The lowest BCUT2D eigenvalue weighted by molar-refractivity contribution is -0.167. The highest BCUT2D eigenvalue weighted by molar-refractivity contribution is 5.71. The van der Waals surface area contributed by atoms with Crippen molar-refractivity contribution in [3.63, 3.8) is 0 Å². The van der Waals surface area contributed by atoms with Crippen LogP contribution in [-0.4, -0.2) is 36.9 Å². The van der Waals surface area contributed by atoms with Gasteiger partial charge in [0.05, 0.1) is 5.60 Å². The van der Waals surface area contributed by atoms with Crippen LogP contribution in [0.1, 0.15) is 40.5 Å². The first-order chi connectivity index (χ1) is 7.31. The van der Waals surface area contributed by atoms with Crippen molar-refractivity contribution in [1.29, 1.82) is 0 Å². The fourth-order valence-electron chi connectivity index (χ4n) is 1.70. The minimum Gasteiger partial charge on any atom is -0.458 e. The zero-order valence-electron chi connectivity index (χ0n) is 10.8. The second-order valence-corrected chi connectivity index (χ2v) is 5.58. The summed E-state index contributed by atoms with van der Waals surface area (Å²) in [6, 6.07) is 0. The van der Waals surface area contributed by atoms with Gasteiger partial charge in [0.25, 0.3) is 0 Å². The zero-order chi connectivity index (χ0) is 12.2. The van der Waals surface area contributed by atoms with E-state index < -0.39 is 5.60 Å². The van der Waals surface area contributed by atoms with Crippen LogP contribution in [-0.2, 0) is 14.3 Å². The standard InChI is InChI=1S/C12H23NO3/c1-11(2,3)16-10(14)9-15-12(4)5-7-13-8-6-12/h13H,5-9H2,1-4H3. The number of carbonyl (C=O) groups is 1. The summed E-state index contributed by atoms with van der Waals surface area (Å²) in [5.41, 5.74) is -0.613. The molecule has 0 bridgehead atoms. The number of rotatable bonds is 3. The quantitative estimate of drug-likeness (QED) is 0.745. The van der Waals surface area contributed by atoms with E-state index in [0.29, 0.717) is 0 Å². The van der Waals surface area contributed by atoms with Crippen molar-refractivity contribution in [2.45, 2.75) is 51.7 Å². The Morgan fingerprint density at radius 2 is 1.88 bits per heavy atom. The Bertz CT molecular complexity index is 239. The Morgan fingerprint density at radius 1 is 1.31 bits per heavy atom. The van der Waals surface area contributed by atoms with Crippen molar-refractivity contribution in [3.05, 3.63) is 0 Å². The van der Waals surface area contributed by atoms with Crippen LogP contribution in [0.25, 0.3) is 0 Å². The van der Waals surface area contributed by atoms with Gasteiger partial charge in [-0.05, 0) is 53.6 Å². The van der Waals surface area contributed by atoms with Gasteiger partial charge in [-0.25, -0.2) is 4.79 Å². The van der Waals surface area contributed by atoms with Crippen LogP contribution in [0.5, 0.6) is 0 Å². The first kappa shape index (κ1) is 13.5. The van der Waals surface area contributed by atoms with Crippen LogP contribution >= 0.6 is 0 Å². The second-order valence-electron chi connectivity index (χ2n) is 5.58. The van der Waals surface area contributed by atoms with E-state index in [4.69, 9.17) is 9.47 Å². The van der Waals surface area contributed by atoms with Crippen molar-refractivity contribution in [1.82, 2.24) is 5.32 Å². The van der Waals surface area contributed by atoms with Gasteiger partial charge in [-0.2, -0.15) is 0 Å². The molecule has 0 aromatic heterocycles. The van der Waals surface area contributed by atoms with Crippen LogP contribution < -0.4 is 5.32 Å². The molecule has 0 radical (unpaired) electrons. The van der Waals surface area contributed by atoms with E-state index in [-0.39, 0.29) is 18.2 Å². The van der Waals surface area contributed by atoms with Gasteiger partial charge < -0.3 is 14.8 Å². The highest BCUT2D eigenvalue weighted by Crippen LogP contribution is 2.22. The molecular weight excluding hydrogens is 206 g/mol. The number of piperidine rings is 1. The molecule has 94 valence electrons. The Kier molecular flexibility index (Phi) is 4.33. The van der Waals surface area contributed by atoms with E-state index in [0.717, 1.165) is 25.9 Å². The molecule has 1 rings (SSSR count). The topological polar surface area (TPSA) is 47.6 Å². The number of esters is 1. The zero-order valence-corrected chi connectivity index (χ0v) is 10.8. The predicted octanol–water partition coefficient (Wildman–Crippen LogP) is 1.49.